The lowest BCUT2D eigenvalue weighted by atomic mass is 9.96. The molecule has 0 spiro atoms. The van der Waals surface area contributed by atoms with Crippen LogP contribution in [0.15, 0.2) is 53.1 Å². The summed E-state index contributed by atoms with van der Waals surface area (Å²) in [5, 5.41) is 1.07. The van der Waals surface area contributed by atoms with Crippen LogP contribution in [0.1, 0.15) is 22.7 Å². The van der Waals surface area contributed by atoms with E-state index in [1.165, 1.54) is 5.56 Å². The van der Waals surface area contributed by atoms with Crippen LogP contribution in [0.4, 0.5) is 0 Å². The Morgan fingerprint density at radius 1 is 1.00 bits per heavy atom. The van der Waals surface area contributed by atoms with Crippen molar-refractivity contribution in [3.63, 3.8) is 0 Å². The summed E-state index contributed by atoms with van der Waals surface area (Å²) in [6.07, 6.45) is 2.71. The first-order valence-corrected chi connectivity index (χ1v) is 6.81. The summed E-state index contributed by atoms with van der Waals surface area (Å²) in [7, 11) is 0. The van der Waals surface area contributed by atoms with E-state index in [9.17, 15) is 0 Å². The Labute approximate surface area is 117 Å². The van der Waals surface area contributed by atoms with Crippen molar-refractivity contribution in [2.24, 2.45) is 5.73 Å². The van der Waals surface area contributed by atoms with Crippen LogP contribution < -0.4 is 10.5 Å². The van der Waals surface area contributed by atoms with Gasteiger partial charge in [-0.3, -0.25) is 0 Å². The molecule has 100 valence electrons. The first-order valence-electron chi connectivity index (χ1n) is 6.81. The fraction of sp³-hybridized carbons (Fsp3) is 0.176. The minimum absolute atomic E-state index is 0.230. The molecule has 2 heterocycles. The molecule has 3 nitrogen and oxygen atoms in total. The topological polar surface area (TPSA) is 48.4 Å². The molecule has 0 bridgehead atoms. The Hall–Kier alpha value is -2.26. The zero-order valence-corrected chi connectivity index (χ0v) is 11.0. The van der Waals surface area contributed by atoms with Crippen molar-refractivity contribution in [2.45, 2.75) is 12.5 Å². The van der Waals surface area contributed by atoms with Crippen molar-refractivity contribution in [3.05, 3.63) is 65.4 Å². The molecule has 0 fully saturated rings. The molecule has 1 unspecified atom stereocenters. The number of nitrogens with two attached hydrogens (primary N) is 1. The molecule has 0 aliphatic carbocycles. The standard InChI is InChI=1S/C17H15NO2/c18-16(13-6-3-4-11-8-9-19-17(11)13)14-10-20-15-7-2-1-5-12(14)15/h1-7,10,16H,8-9,18H2. The summed E-state index contributed by atoms with van der Waals surface area (Å²) in [6.45, 7) is 0.741. The van der Waals surface area contributed by atoms with Gasteiger partial charge in [-0.2, -0.15) is 0 Å². The second-order valence-corrected chi connectivity index (χ2v) is 5.10. The Kier molecular flexibility index (Phi) is 2.54. The van der Waals surface area contributed by atoms with Gasteiger partial charge in [0.1, 0.15) is 11.3 Å². The zero-order valence-electron chi connectivity index (χ0n) is 11.0. The second-order valence-electron chi connectivity index (χ2n) is 5.10. The summed E-state index contributed by atoms with van der Waals surface area (Å²) < 4.78 is 11.3. The van der Waals surface area contributed by atoms with Gasteiger partial charge in [0.05, 0.1) is 18.9 Å². The second kappa shape index (κ2) is 4.39. The summed E-state index contributed by atoms with van der Waals surface area (Å²) in [5.41, 5.74) is 10.6. The number of benzene rings is 2. The van der Waals surface area contributed by atoms with E-state index in [4.69, 9.17) is 14.9 Å². The zero-order chi connectivity index (χ0) is 13.5. The molecule has 1 aliphatic rings. The third-order valence-corrected chi connectivity index (χ3v) is 3.93. The number of hydrogen-bond acceptors (Lipinski definition) is 3. The first kappa shape index (κ1) is 11.6. The van der Waals surface area contributed by atoms with E-state index in [0.29, 0.717) is 0 Å². The number of ether oxygens (including phenoxy) is 1. The average Bonchev–Trinajstić information content (AvgIpc) is 3.12. The van der Waals surface area contributed by atoms with E-state index in [2.05, 4.69) is 6.07 Å². The molecule has 0 saturated carbocycles. The van der Waals surface area contributed by atoms with Gasteiger partial charge in [-0.1, -0.05) is 36.4 Å². The monoisotopic (exact) mass is 265 g/mol. The lowest BCUT2D eigenvalue weighted by molar-refractivity contribution is 0.352. The van der Waals surface area contributed by atoms with Gasteiger partial charge in [0.15, 0.2) is 0 Å². The molecule has 3 aromatic rings. The molecule has 1 aliphatic heterocycles. The Bertz CT molecular complexity index is 776. The van der Waals surface area contributed by atoms with Crippen LogP contribution in [0.3, 0.4) is 0 Å². The van der Waals surface area contributed by atoms with Crippen molar-refractivity contribution in [3.8, 4) is 5.75 Å². The Balaban J connectivity index is 1.85. The smallest absolute Gasteiger partial charge is 0.134 e. The number of para-hydroxylation sites is 2. The third-order valence-electron chi connectivity index (χ3n) is 3.93. The molecule has 20 heavy (non-hydrogen) atoms. The summed E-state index contributed by atoms with van der Waals surface area (Å²) in [6, 6.07) is 13.9. The molecule has 0 radical (unpaired) electrons. The molecular formula is C17H15NO2. The molecule has 1 aromatic heterocycles. The highest BCUT2D eigenvalue weighted by Crippen LogP contribution is 2.37. The summed E-state index contributed by atoms with van der Waals surface area (Å²) in [5.74, 6) is 0.949. The van der Waals surface area contributed by atoms with Gasteiger partial charge in [0, 0.05) is 22.9 Å². The highest BCUT2D eigenvalue weighted by atomic mass is 16.5. The lowest BCUT2D eigenvalue weighted by Crippen LogP contribution is -2.12. The fourth-order valence-corrected chi connectivity index (χ4v) is 2.89. The molecule has 3 heteroatoms. The van der Waals surface area contributed by atoms with Crippen LogP contribution in [0.2, 0.25) is 0 Å². The predicted molar refractivity (Wildman–Crippen MR) is 77.9 cm³/mol. The van der Waals surface area contributed by atoms with E-state index in [-0.39, 0.29) is 6.04 Å². The minimum atomic E-state index is -0.230. The SMILES string of the molecule is NC(c1cccc2c1OCC2)c1coc2ccccc12. The van der Waals surface area contributed by atoms with E-state index < -0.39 is 0 Å². The maximum Gasteiger partial charge on any atom is 0.134 e. The number of rotatable bonds is 2. The number of fused-ring (bicyclic) bond motifs is 2. The van der Waals surface area contributed by atoms with Crippen molar-refractivity contribution < 1.29 is 9.15 Å². The molecule has 2 N–H and O–H groups in total. The maximum atomic E-state index is 6.46. The number of furan rings is 1. The Morgan fingerprint density at radius 2 is 1.90 bits per heavy atom. The van der Waals surface area contributed by atoms with Gasteiger partial charge in [0.25, 0.3) is 0 Å². The molecule has 1 atom stereocenters. The highest BCUT2D eigenvalue weighted by molar-refractivity contribution is 5.82. The van der Waals surface area contributed by atoms with E-state index in [1.807, 2.05) is 36.4 Å². The van der Waals surface area contributed by atoms with Gasteiger partial charge in [-0.15, -0.1) is 0 Å². The van der Waals surface area contributed by atoms with Gasteiger partial charge >= 0.3 is 0 Å². The molecule has 2 aromatic carbocycles. The molecule has 0 saturated heterocycles. The van der Waals surface area contributed by atoms with Crippen LogP contribution in [0, 0.1) is 0 Å². The van der Waals surface area contributed by atoms with Gasteiger partial charge < -0.3 is 14.9 Å². The molecular weight excluding hydrogens is 250 g/mol. The van der Waals surface area contributed by atoms with Crippen molar-refractivity contribution in [1.29, 1.82) is 0 Å². The van der Waals surface area contributed by atoms with E-state index in [1.54, 1.807) is 6.26 Å². The summed E-state index contributed by atoms with van der Waals surface area (Å²) >= 11 is 0. The van der Waals surface area contributed by atoms with Gasteiger partial charge in [0.2, 0.25) is 0 Å². The van der Waals surface area contributed by atoms with Crippen molar-refractivity contribution in [2.75, 3.05) is 6.61 Å². The minimum Gasteiger partial charge on any atom is -0.493 e. The molecule has 4 rings (SSSR count). The normalized spacial score (nSPS) is 15.1. The predicted octanol–water partition coefficient (Wildman–Crippen LogP) is 3.42. The van der Waals surface area contributed by atoms with Gasteiger partial charge in [-0.25, -0.2) is 0 Å². The van der Waals surface area contributed by atoms with Crippen LogP contribution in [0.5, 0.6) is 5.75 Å². The summed E-state index contributed by atoms with van der Waals surface area (Å²) in [4.78, 5) is 0. The van der Waals surface area contributed by atoms with E-state index >= 15 is 0 Å². The number of hydrogen-bond donors (Lipinski definition) is 1. The van der Waals surface area contributed by atoms with Crippen molar-refractivity contribution in [1.82, 2.24) is 0 Å². The van der Waals surface area contributed by atoms with Crippen LogP contribution >= 0.6 is 0 Å². The lowest BCUT2D eigenvalue weighted by Gasteiger charge is -2.14. The average molecular weight is 265 g/mol. The van der Waals surface area contributed by atoms with Crippen molar-refractivity contribution >= 4 is 11.0 Å². The maximum absolute atomic E-state index is 6.46. The first-order chi connectivity index (χ1) is 9.84. The molecule has 0 amide bonds. The Morgan fingerprint density at radius 3 is 2.85 bits per heavy atom. The van der Waals surface area contributed by atoms with Crippen LogP contribution in [0.25, 0.3) is 11.0 Å². The highest BCUT2D eigenvalue weighted by Gasteiger charge is 2.23. The quantitative estimate of drug-likeness (QED) is 0.772. The van der Waals surface area contributed by atoms with Gasteiger partial charge in [-0.05, 0) is 11.6 Å². The largest absolute Gasteiger partial charge is 0.493 e. The van der Waals surface area contributed by atoms with E-state index in [0.717, 1.165) is 40.9 Å². The fourth-order valence-electron chi connectivity index (χ4n) is 2.89. The third kappa shape index (κ3) is 1.63. The van der Waals surface area contributed by atoms with Crippen LogP contribution in [-0.2, 0) is 6.42 Å². The van der Waals surface area contributed by atoms with Crippen LogP contribution in [-0.4, -0.2) is 6.61 Å².